The molecular formula is C21H31N3O3. The van der Waals surface area contributed by atoms with Gasteiger partial charge in [-0.05, 0) is 44.2 Å². The minimum Gasteiger partial charge on any atom is -0.381 e. The van der Waals surface area contributed by atoms with Crippen LogP contribution in [0.2, 0.25) is 0 Å². The molecule has 0 unspecified atom stereocenters. The number of hydrogen-bond acceptors (Lipinski definition) is 4. The quantitative estimate of drug-likeness (QED) is 0.791. The van der Waals surface area contributed by atoms with Crippen LogP contribution in [0.3, 0.4) is 0 Å². The van der Waals surface area contributed by atoms with Crippen LogP contribution in [0, 0.1) is 6.92 Å². The average molecular weight is 373 g/mol. The van der Waals surface area contributed by atoms with E-state index in [1.165, 1.54) is 0 Å². The summed E-state index contributed by atoms with van der Waals surface area (Å²) in [6.45, 7) is 6.80. The highest BCUT2D eigenvalue weighted by molar-refractivity contribution is 5.83. The third-order valence-corrected chi connectivity index (χ3v) is 5.63. The number of carbonyl (C=O) groups excluding carboxylic acids is 2. The van der Waals surface area contributed by atoms with Gasteiger partial charge in [0.2, 0.25) is 11.8 Å². The van der Waals surface area contributed by atoms with Crippen molar-refractivity contribution in [3.63, 3.8) is 0 Å². The molecule has 0 saturated carbocycles. The Balaban J connectivity index is 1.62. The van der Waals surface area contributed by atoms with Crippen molar-refractivity contribution in [2.24, 2.45) is 0 Å². The smallest absolute Gasteiger partial charge is 0.237 e. The molecule has 0 radical (unpaired) electrons. The number of benzene rings is 1. The van der Waals surface area contributed by atoms with Gasteiger partial charge in [-0.25, -0.2) is 0 Å². The lowest BCUT2D eigenvalue weighted by atomic mass is 10.0. The van der Waals surface area contributed by atoms with Gasteiger partial charge < -0.3 is 15.4 Å². The van der Waals surface area contributed by atoms with Gasteiger partial charge in [-0.3, -0.25) is 14.5 Å². The highest BCUT2D eigenvalue weighted by Crippen LogP contribution is 2.26. The lowest BCUT2D eigenvalue weighted by Crippen LogP contribution is -2.49. The van der Waals surface area contributed by atoms with Crippen molar-refractivity contribution in [1.82, 2.24) is 15.5 Å². The van der Waals surface area contributed by atoms with Crippen molar-refractivity contribution in [1.29, 1.82) is 0 Å². The van der Waals surface area contributed by atoms with E-state index in [0.29, 0.717) is 25.4 Å². The summed E-state index contributed by atoms with van der Waals surface area (Å²) in [6, 6.07) is 8.16. The summed E-state index contributed by atoms with van der Waals surface area (Å²) < 4.78 is 5.47. The molecular weight excluding hydrogens is 342 g/mol. The molecule has 2 aliphatic heterocycles. The van der Waals surface area contributed by atoms with Crippen LogP contribution >= 0.6 is 0 Å². The Morgan fingerprint density at radius 2 is 1.96 bits per heavy atom. The van der Waals surface area contributed by atoms with Crippen LogP contribution in [0.5, 0.6) is 0 Å². The summed E-state index contributed by atoms with van der Waals surface area (Å²) in [7, 11) is 0. The minimum atomic E-state index is -0.170. The van der Waals surface area contributed by atoms with Gasteiger partial charge >= 0.3 is 0 Å². The summed E-state index contributed by atoms with van der Waals surface area (Å²) in [5.41, 5.74) is 2.18. The van der Waals surface area contributed by atoms with E-state index in [-0.39, 0.29) is 23.9 Å². The number of aryl methyl sites for hydroxylation is 1. The number of nitrogens with one attached hydrogen (secondary N) is 2. The molecule has 2 saturated heterocycles. The van der Waals surface area contributed by atoms with E-state index in [4.69, 9.17) is 4.74 Å². The van der Waals surface area contributed by atoms with E-state index in [1.54, 1.807) is 0 Å². The SMILES string of the molecule is CCNC(=O)[C@@H]1C[C@H](NC(=O)Cc2ccccc2C)CN1C1CCOCC1. The van der Waals surface area contributed by atoms with Gasteiger partial charge in [-0.1, -0.05) is 24.3 Å². The second-order valence-electron chi connectivity index (χ2n) is 7.55. The van der Waals surface area contributed by atoms with E-state index >= 15 is 0 Å². The third-order valence-electron chi connectivity index (χ3n) is 5.63. The first-order valence-corrected chi connectivity index (χ1v) is 10.0. The highest BCUT2D eigenvalue weighted by Gasteiger charge is 2.41. The van der Waals surface area contributed by atoms with Crippen molar-refractivity contribution in [3.8, 4) is 0 Å². The first-order chi connectivity index (χ1) is 13.1. The lowest BCUT2D eigenvalue weighted by molar-refractivity contribution is -0.127. The fraction of sp³-hybridized carbons (Fsp3) is 0.619. The Morgan fingerprint density at radius 3 is 2.67 bits per heavy atom. The molecule has 1 aromatic rings. The molecule has 148 valence electrons. The fourth-order valence-electron chi connectivity index (χ4n) is 4.20. The molecule has 2 atom stereocenters. The van der Waals surface area contributed by atoms with Gasteiger partial charge in [-0.15, -0.1) is 0 Å². The van der Waals surface area contributed by atoms with Crippen LogP contribution in [0.25, 0.3) is 0 Å². The predicted octanol–water partition coefficient (Wildman–Crippen LogP) is 1.41. The molecule has 1 aromatic carbocycles. The molecule has 0 aliphatic carbocycles. The molecule has 6 heteroatoms. The van der Waals surface area contributed by atoms with Crippen LogP contribution in [-0.4, -0.2) is 61.1 Å². The number of rotatable bonds is 6. The van der Waals surface area contributed by atoms with Crippen LogP contribution < -0.4 is 10.6 Å². The molecule has 6 nitrogen and oxygen atoms in total. The van der Waals surface area contributed by atoms with E-state index in [9.17, 15) is 9.59 Å². The molecule has 2 heterocycles. The highest BCUT2D eigenvalue weighted by atomic mass is 16.5. The Bertz CT molecular complexity index is 658. The predicted molar refractivity (Wildman–Crippen MR) is 104 cm³/mol. The zero-order valence-electron chi connectivity index (χ0n) is 16.4. The topological polar surface area (TPSA) is 70.7 Å². The van der Waals surface area contributed by atoms with Crippen LogP contribution in [0.1, 0.15) is 37.3 Å². The van der Waals surface area contributed by atoms with Gasteiger partial charge in [-0.2, -0.15) is 0 Å². The zero-order valence-corrected chi connectivity index (χ0v) is 16.4. The number of hydrogen-bond donors (Lipinski definition) is 2. The second kappa shape index (κ2) is 9.33. The summed E-state index contributed by atoms with van der Waals surface area (Å²) in [6.07, 6.45) is 2.94. The molecule has 0 aromatic heterocycles. The maximum Gasteiger partial charge on any atom is 0.237 e. The first kappa shape index (κ1) is 19.8. The molecule has 2 aliphatic rings. The molecule has 0 bridgehead atoms. The van der Waals surface area contributed by atoms with Gasteiger partial charge in [0.1, 0.15) is 0 Å². The maximum atomic E-state index is 12.6. The van der Waals surface area contributed by atoms with E-state index < -0.39 is 0 Å². The van der Waals surface area contributed by atoms with Crippen molar-refractivity contribution in [2.45, 2.75) is 57.7 Å². The number of nitrogens with zero attached hydrogens (tertiary/aromatic N) is 1. The van der Waals surface area contributed by atoms with E-state index in [1.807, 2.05) is 38.1 Å². The average Bonchev–Trinajstić information content (AvgIpc) is 3.08. The van der Waals surface area contributed by atoms with Crippen molar-refractivity contribution >= 4 is 11.8 Å². The Morgan fingerprint density at radius 1 is 1.22 bits per heavy atom. The van der Waals surface area contributed by atoms with Gasteiger partial charge in [0.05, 0.1) is 12.5 Å². The summed E-state index contributed by atoms with van der Waals surface area (Å²) in [4.78, 5) is 27.4. The Kier molecular flexibility index (Phi) is 6.85. The summed E-state index contributed by atoms with van der Waals surface area (Å²) in [5.74, 6) is 0.0948. The first-order valence-electron chi connectivity index (χ1n) is 10.0. The number of carbonyl (C=O) groups is 2. The molecule has 27 heavy (non-hydrogen) atoms. The Hall–Kier alpha value is -1.92. The number of ether oxygens (including phenoxy) is 1. The number of likely N-dealkylation sites (tertiary alicyclic amines) is 1. The zero-order chi connectivity index (χ0) is 19.2. The molecule has 2 N–H and O–H groups in total. The Labute approximate surface area is 161 Å². The van der Waals surface area contributed by atoms with Crippen LogP contribution in [-0.2, 0) is 20.7 Å². The molecule has 0 spiro atoms. The maximum absolute atomic E-state index is 12.6. The molecule has 2 fully saturated rings. The van der Waals surface area contributed by atoms with Gasteiger partial charge in [0.15, 0.2) is 0 Å². The number of amides is 2. The minimum absolute atomic E-state index is 0.0111. The third kappa shape index (κ3) is 5.08. The standard InChI is InChI=1S/C21H31N3O3/c1-3-22-21(26)19-13-17(14-24(19)18-8-10-27-11-9-18)23-20(25)12-16-7-5-4-6-15(16)2/h4-7,17-19H,3,8-14H2,1-2H3,(H,22,26)(H,23,25)/t17-,19-/m0/s1. The van der Waals surface area contributed by atoms with Crippen molar-refractivity contribution in [2.75, 3.05) is 26.3 Å². The second-order valence-corrected chi connectivity index (χ2v) is 7.55. The van der Waals surface area contributed by atoms with Gasteiger partial charge in [0, 0.05) is 38.4 Å². The van der Waals surface area contributed by atoms with Gasteiger partial charge in [0.25, 0.3) is 0 Å². The molecule has 2 amide bonds. The fourth-order valence-corrected chi connectivity index (χ4v) is 4.20. The van der Waals surface area contributed by atoms with Crippen molar-refractivity contribution < 1.29 is 14.3 Å². The van der Waals surface area contributed by atoms with Crippen molar-refractivity contribution in [3.05, 3.63) is 35.4 Å². The largest absolute Gasteiger partial charge is 0.381 e. The number of likely N-dealkylation sites (N-methyl/N-ethyl adjacent to an activating group) is 1. The van der Waals surface area contributed by atoms with E-state index in [2.05, 4.69) is 15.5 Å². The summed E-state index contributed by atoms with van der Waals surface area (Å²) >= 11 is 0. The van der Waals surface area contributed by atoms with Crippen LogP contribution in [0.15, 0.2) is 24.3 Å². The molecule has 3 rings (SSSR count). The monoisotopic (exact) mass is 373 g/mol. The normalized spacial score (nSPS) is 23.9. The summed E-state index contributed by atoms with van der Waals surface area (Å²) in [5, 5.41) is 6.11. The lowest BCUT2D eigenvalue weighted by Gasteiger charge is -2.34. The van der Waals surface area contributed by atoms with E-state index in [0.717, 1.165) is 43.7 Å². The van der Waals surface area contributed by atoms with Crippen LogP contribution in [0.4, 0.5) is 0 Å².